The van der Waals surface area contributed by atoms with E-state index >= 15 is 0 Å². The summed E-state index contributed by atoms with van der Waals surface area (Å²) >= 11 is 0. The van der Waals surface area contributed by atoms with Gasteiger partial charge in [0, 0.05) is 19.2 Å². The molecule has 2 aromatic heterocycles. The molecule has 0 radical (unpaired) electrons. The number of aryl methyl sites for hydroxylation is 1. The summed E-state index contributed by atoms with van der Waals surface area (Å²) in [4.78, 5) is 19.6. The standard InChI is InChI=1S/C16H16N4O2/c1-20-8-10(7-17-20)11-6-12(11)16(21)22-9-15-18-13-4-2-3-5-14(13)19-15/h2-5,7-8,11-12H,6,9H2,1H3,(H,18,19)/t11-,12+/m0/s1. The van der Waals surface area contributed by atoms with Gasteiger partial charge < -0.3 is 9.72 Å². The first-order valence-corrected chi connectivity index (χ1v) is 7.29. The molecule has 1 N–H and O–H groups in total. The molecule has 6 nitrogen and oxygen atoms in total. The normalized spacial score (nSPS) is 20.2. The second kappa shape index (κ2) is 4.98. The highest BCUT2D eigenvalue weighted by Gasteiger charge is 2.45. The van der Waals surface area contributed by atoms with Crippen LogP contribution in [0.15, 0.2) is 36.7 Å². The minimum atomic E-state index is -0.158. The van der Waals surface area contributed by atoms with Crippen molar-refractivity contribution in [2.45, 2.75) is 18.9 Å². The van der Waals surface area contributed by atoms with Crippen LogP contribution in [0.25, 0.3) is 11.0 Å². The number of hydrogen-bond donors (Lipinski definition) is 1. The van der Waals surface area contributed by atoms with Crippen LogP contribution in [-0.2, 0) is 23.2 Å². The minimum absolute atomic E-state index is 0.0476. The van der Waals surface area contributed by atoms with Crippen LogP contribution < -0.4 is 0 Å². The van der Waals surface area contributed by atoms with E-state index in [-0.39, 0.29) is 24.4 Å². The van der Waals surface area contributed by atoms with Crippen LogP contribution in [0, 0.1) is 5.92 Å². The molecule has 4 rings (SSSR count). The van der Waals surface area contributed by atoms with Gasteiger partial charge in [0.05, 0.1) is 23.1 Å². The number of carbonyl (C=O) groups excluding carboxylic acids is 1. The Balaban J connectivity index is 1.37. The molecule has 1 fully saturated rings. The first-order chi connectivity index (χ1) is 10.7. The maximum Gasteiger partial charge on any atom is 0.310 e. The number of fused-ring (bicyclic) bond motifs is 1. The largest absolute Gasteiger partial charge is 0.457 e. The molecule has 0 aliphatic heterocycles. The Kier molecular flexibility index (Phi) is 2.96. The lowest BCUT2D eigenvalue weighted by atomic mass is 10.2. The predicted octanol–water partition coefficient (Wildman–Crippen LogP) is 2.14. The van der Waals surface area contributed by atoms with Crippen LogP contribution in [0.1, 0.15) is 23.7 Å². The fraction of sp³-hybridized carbons (Fsp3) is 0.312. The molecule has 0 unspecified atom stereocenters. The van der Waals surface area contributed by atoms with Gasteiger partial charge in [-0.05, 0) is 24.1 Å². The van der Waals surface area contributed by atoms with Gasteiger partial charge in [-0.1, -0.05) is 12.1 Å². The summed E-state index contributed by atoms with van der Waals surface area (Å²) in [6.45, 7) is 0.184. The second-order valence-corrected chi connectivity index (χ2v) is 5.70. The molecule has 22 heavy (non-hydrogen) atoms. The average molecular weight is 296 g/mol. The van der Waals surface area contributed by atoms with Crippen LogP contribution in [0.4, 0.5) is 0 Å². The highest BCUT2D eigenvalue weighted by atomic mass is 16.5. The Morgan fingerprint density at radius 1 is 1.45 bits per heavy atom. The van der Waals surface area contributed by atoms with Gasteiger partial charge in [0.2, 0.25) is 0 Å². The number of esters is 1. The molecule has 1 aliphatic carbocycles. The lowest BCUT2D eigenvalue weighted by Crippen LogP contribution is -2.08. The molecule has 112 valence electrons. The first-order valence-electron chi connectivity index (χ1n) is 7.29. The first kappa shape index (κ1) is 13.1. The van der Waals surface area contributed by atoms with Crippen LogP contribution in [-0.4, -0.2) is 25.7 Å². The Bertz CT molecular complexity index is 802. The molecule has 1 aromatic carbocycles. The number of imidazole rings is 1. The number of H-pyrrole nitrogens is 1. The Morgan fingerprint density at radius 3 is 3.09 bits per heavy atom. The number of benzene rings is 1. The Morgan fingerprint density at radius 2 is 2.32 bits per heavy atom. The van der Waals surface area contributed by atoms with E-state index in [0.717, 1.165) is 23.0 Å². The molecule has 0 bridgehead atoms. The summed E-state index contributed by atoms with van der Waals surface area (Å²) < 4.78 is 7.13. The van der Waals surface area contributed by atoms with E-state index in [0.29, 0.717) is 5.82 Å². The predicted molar refractivity (Wildman–Crippen MR) is 79.9 cm³/mol. The molecule has 0 saturated heterocycles. The van der Waals surface area contributed by atoms with Gasteiger partial charge in [-0.25, -0.2) is 4.98 Å². The topological polar surface area (TPSA) is 72.8 Å². The van der Waals surface area contributed by atoms with E-state index < -0.39 is 0 Å². The van der Waals surface area contributed by atoms with Crippen molar-refractivity contribution in [3.63, 3.8) is 0 Å². The smallest absolute Gasteiger partial charge is 0.310 e. The molecule has 1 saturated carbocycles. The van der Waals surface area contributed by atoms with Gasteiger partial charge >= 0.3 is 5.97 Å². The molecule has 3 aromatic rings. The summed E-state index contributed by atoms with van der Waals surface area (Å²) in [7, 11) is 1.88. The number of hydrogen-bond acceptors (Lipinski definition) is 4. The summed E-state index contributed by atoms with van der Waals surface area (Å²) in [6, 6.07) is 7.75. The van der Waals surface area contributed by atoms with Crippen LogP contribution in [0.5, 0.6) is 0 Å². The van der Waals surface area contributed by atoms with Gasteiger partial charge in [-0.3, -0.25) is 9.48 Å². The Hall–Kier alpha value is -2.63. The van der Waals surface area contributed by atoms with Crippen molar-refractivity contribution < 1.29 is 9.53 Å². The number of nitrogens with one attached hydrogen (secondary N) is 1. The quantitative estimate of drug-likeness (QED) is 0.749. The lowest BCUT2D eigenvalue weighted by Gasteiger charge is -2.01. The molecule has 0 spiro atoms. The van der Waals surface area contributed by atoms with Crippen molar-refractivity contribution in [3.05, 3.63) is 48.0 Å². The fourth-order valence-electron chi connectivity index (χ4n) is 2.78. The van der Waals surface area contributed by atoms with Crippen molar-refractivity contribution in [2.24, 2.45) is 13.0 Å². The zero-order chi connectivity index (χ0) is 15.1. The monoisotopic (exact) mass is 296 g/mol. The van der Waals surface area contributed by atoms with Crippen molar-refractivity contribution in [3.8, 4) is 0 Å². The van der Waals surface area contributed by atoms with E-state index in [1.165, 1.54) is 0 Å². The highest BCUT2D eigenvalue weighted by molar-refractivity contribution is 5.77. The number of nitrogens with zero attached hydrogens (tertiary/aromatic N) is 3. The number of carbonyl (C=O) groups is 1. The average Bonchev–Trinajstić information content (AvgIpc) is 3.02. The number of rotatable bonds is 4. The lowest BCUT2D eigenvalue weighted by molar-refractivity contribution is -0.146. The van der Waals surface area contributed by atoms with Gasteiger partial charge in [-0.2, -0.15) is 5.10 Å². The summed E-state index contributed by atoms with van der Waals surface area (Å²) in [5, 5.41) is 4.14. The highest BCUT2D eigenvalue weighted by Crippen LogP contribution is 2.48. The van der Waals surface area contributed by atoms with Crippen LogP contribution in [0.3, 0.4) is 0 Å². The number of aromatic amines is 1. The molecular weight excluding hydrogens is 280 g/mol. The zero-order valence-electron chi connectivity index (χ0n) is 12.2. The van der Waals surface area contributed by atoms with Gasteiger partial charge in [0.25, 0.3) is 0 Å². The molecule has 1 aliphatic rings. The van der Waals surface area contributed by atoms with Gasteiger partial charge in [0.1, 0.15) is 12.4 Å². The second-order valence-electron chi connectivity index (χ2n) is 5.70. The summed E-state index contributed by atoms with van der Waals surface area (Å²) in [6.07, 6.45) is 4.61. The molecule has 6 heteroatoms. The van der Waals surface area contributed by atoms with Crippen molar-refractivity contribution >= 4 is 17.0 Å². The van der Waals surface area contributed by atoms with Gasteiger partial charge in [-0.15, -0.1) is 0 Å². The number of aromatic nitrogens is 4. The third-order valence-corrected chi connectivity index (χ3v) is 4.04. The third kappa shape index (κ3) is 2.36. The van der Waals surface area contributed by atoms with Crippen molar-refractivity contribution in [2.75, 3.05) is 0 Å². The molecular formula is C16H16N4O2. The molecule has 2 atom stereocenters. The third-order valence-electron chi connectivity index (χ3n) is 4.04. The van der Waals surface area contributed by atoms with Crippen molar-refractivity contribution in [1.82, 2.24) is 19.7 Å². The van der Waals surface area contributed by atoms with E-state index in [1.807, 2.05) is 43.7 Å². The maximum absolute atomic E-state index is 12.1. The van der Waals surface area contributed by atoms with Gasteiger partial charge in [0.15, 0.2) is 0 Å². The van der Waals surface area contributed by atoms with Crippen LogP contribution in [0.2, 0.25) is 0 Å². The summed E-state index contributed by atoms with van der Waals surface area (Å²) in [5.41, 5.74) is 2.94. The number of ether oxygens (including phenoxy) is 1. The minimum Gasteiger partial charge on any atom is -0.457 e. The van der Waals surface area contributed by atoms with Crippen molar-refractivity contribution in [1.29, 1.82) is 0 Å². The van der Waals surface area contributed by atoms with E-state index in [1.54, 1.807) is 4.68 Å². The van der Waals surface area contributed by atoms with E-state index in [4.69, 9.17) is 4.74 Å². The zero-order valence-corrected chi connectivity index (χ0v) is 12.2. The maximum atomic E-state index is 12.1. The molecule has 2 heterocycles. The SMILES string of the molecule is Cn1cc([C@@H]2C[C@H]2C(=O)OCc2nc3ccccc3[nH]2)cn1. The number of para-hydroxylation sites is 2. The van der Waals surface area contributed by atoms with E-state index in [9.17, 15) is 4.79 Å². The Labute approximate surface area is 127 Å². The van der Waals surface area contributed by atoms with E-state index in [2.05, 4.69) is 15.1 Å². The van der Waals surface area contributed by atoms with Crippen LogP contribution >= 0.6 is 0 Å². The summed E-state index contributed by atoms with van der Waals surface area (Å²) in [5.74, 6) is 0.716. The molecule has 0 amide bonds. The fourth-order valence-corrected chi connectivity index (χ4v) is 2.78.